The highest BCUT2D eigenvalue weighted by atomic mass is 19.4. The molecule has 0 spiro atoms. The summed E-state index contributed by atoms with van der Waals surface area (Å²) >= 11 is 0. The quantitative estimate of drug-likeness (QED) is 0.846. The molecule has 5 heteroatoms. The summed E-state index contributed by atoms with van der Waals surface area (Å²) in [5, 5.41) is 10.5. The molecule has 0 radical (unpaired) electrons. The molecule has 1 saturated carbocycles. The van der Waals surface area contributed by atoms with Crippen molar-refractivity contribution < 1.29 is 18.3 Å². The number of benzene rings is 1. The molecule has 0 saturated heterocycles. The lowest BCUT2D eigenvalue weighted by molar-refractivity contribution is -0.136. The number of aliphatic hydroxyl groups is 1. The van der Waals surface area contributed by atoms with Crippen LogP contribution in [0.3, 0.4) is 0 Å². The van der Waals surface area contributed by atoms with Gasteiger partial charge in [0, 0.05) is 17.8 Å². The predicted octanol–water partition coefficient (Wildman–Crippen LogP) is 3.24. The van der Waals surface area contributed by atoms with E-state index in [0.717, 1.165) is 6.20 Å². The summed E-state index contributed by atoms with van der Waals surface area (Å²) in [6.45, 7) is 0. The lowest BCUT2D eigenvalue weighted by atomic mass is 10.0. The number of fused-ring (bicyclic) bond motifs is 1. The van der Waals surface area contributed by atoms with E-state index in [1.807, 2.05) is 0 Å². The molecule has 1 heterocycles. The average Bonchev–Trinajstić information content (AvgIpc) is 3.06. The average molecular weight is 253 g/mol. The van der Waals surface area contributed by atoms with Crippen LogP contribution in [-0.2, 0) is 11.8 Å². The normalized spacial score (nSPS) is 18.0. The summed E-state index contributed by atoms with van der Waals surface area (Å²) in [5.41, 5.74) is -0.923. The summed E-state index contributed by atoms with van der Waals surface area (Å²) in [6.07, 6.45) is -0.881. The molecule has 0 aliphatic heterocycles. The van der Waals surface area contributed by atoms with Gasteiger partial charge in [-0.1, -0.05) is 12.1 Å². The van der Waals surface area contributed by atoms with Crippen molar-refractivity contribution in [2.45, 2.75) is 24.6 Å². The van der Waals surface area contributed by atoms with E-state index in [4.69, 9.17) is 0 Å². The van der Waals surface area contributed by atoms with Gasteiger partial charge in [0.1, 0.15) is 0 Å². The first-order chi connectivity index (χ1) is 8.40. The maximum absolute atomic E-state index is 12.8. The Bertz CT molecular complexity index is 617. The molecule has 0 amide bonds. The first-order valence-corrected chi connectivity index (χ1v) is 5.58. The molecule has 1 aliphatic rings. The molecule has 1 aliphatic carbocycles. The monoisotopic (exact) mass is 253 g/mol. The topological polar surface area (TPSA) is 33.1 Å². The Hall–Kier alpha value is -1.62. The molecule has 2 nitrogen and oxygen atoms in total. The third-order valence-electron chi connectivity index (χ3n) is 3.33. The van der Waals surface area contributed by atoms with Crippen LogP contribution >= 0.6 is 0 Å². The Labute approximate surface area is 101 Å². The van der Waals surface area contributed by atoms with Crippen LogP contribution in [0, 0.1) is 0 Å². The van der Waals surface area contributed by atoms with Gasteiger partial charge in [0.15, 0.2) is 0 Å². The lowest BCUT2D eigenvalue weighted by Gasteiger charge is -2.12. The first-order valence-electron chi connectivity index (χ1n) is 5.58. The molecule has 1 aromatic carbocycles. The Morgan fingerprint density at radius 1 is 1.17 bits per heavy atom. The highest BCUT2D eigenvalue weighted by Crippen LogP contribution is 2.46. The minimum Gasteiger partial charge on any atom is -0.385 e. The molecule has 94 valence electrons. The smallest absolute Gasteiger partial charge is 0.385 e. The van der Waals surface area contributed by atoms with Gasteiger partial charge in [-0.3, -0.25) is 4.98 Å². The number of aromatic nitrogens is 1. The van der Waals surface area contributed by atoms with Crippen LogP contribution in [0.4, 0.5) is 13.2 Å². The van der Waals surface area contributed by atoms with E-state index in [2.05, 4.69) is 4.98 Å². The van der Waals surface area contributed by atoms with Crippen LogP contribution in [0.2, 0.25) is 0 Å². The maximum Gasteiger partial charge on any atom is 0.418 e. The van der Waals surface area contributed by atoms with Crippen molar-refractivity contribution in [1.82, 2.24) is 4.98 Å². The third-order valence-corrected chi connectivity index (χ3v) is 3.33. The van der Waals surface area contributed by atoms with Gasteiger partial charge in [0.05, 0.1) is 11.2 Å². The summed E-state index contributed by atoms with van der Waals surface area (Å²) in [4.78, 5) is 3.62. The molecule has 2 aromatic rings. The Morgan fingerprint density at radius 2 is 1.89 bits per heavy atom. The van der Waals surface area contributed by atoms with Crippen LogP contribution in [0.25, 0.3) is 10.8 Å². The second kappa shape index (κ2) is 3.45. The van der Waals surface area contributed by atoms with Crippen molar-refractivity contribution in [2.24, 2.45) is 0 Å². The number of nitrogens with zero attached hydrogens (tertiary/aromatic N) is 1. The zero-order valence-corrected chi connectivity index (χ0v) is 9.33. The number of hydrogen-bond acceptors (Lipinski definition) is 2. The summed E-state index contributed by atoms with van der Waals surface area (Å²) in [5.74, 6) is 0. The molecular weight excluding hydrogens is 243 g/mol. The first kappa shape index (κ1) is 11.5. The SMILES string of the molecule is OC1(c2ccc3c(C(F)(F)F)cncc3c2)CC1. The predicted molar refractivity (Wildman–Crippen MR) is 59.9 cm³/mol. The van der Waals surface area contributed by atoms with Gasteiger partial charge < -0.3 is 5.11 Å². The van der Waals surface area contributed by atoms with E-state index in [1.54, 1.807) is 12.1 Å². The van der Waals surface area contributed by atoms with Crippen LogP contribution in [0.5, 0.6) is 0 Å². The fourth-order valence-electron chi connectivity index (χ4n) is 2.10. The summed E-state index contributed by atoms with van der Waals surface area (Å²) < 4.78 is 38.3. The number of pyridine rings is 1. The van der Waals surface area contributed by atoms with Crippen molar-refractivity contribution in [3.63, 3.8) is 0 Å². The lowest BCUT2D eigenvalue weighted by Crippen LogP contribution is -2.08. The van der Waals surface area contributed by atoms with Crippen molar-refractivity contribution in [1.29, 1.82) is 0 Å². The number of halogens is 3. The molecular formula is C13H10F3NO. The van der Waals surface area contributed by atoms with Crippen LogP contribution in [-0.4, -0.2) is 10.1 Å². The Morgan fingerprint density at radius 3 is 2.50 bits per heavy atom. The molecule has 0 bridgehead atoms. The fraction of sp³-hybridized carbons (Fsp3) is 0.308. The Kier molecular flexibility index (Phi) is 2.20. The molecule has 1 N–H and O–H groups in total. The van der Waals surface area contributed by atoms with E-state index in [-0.39, 0.29) is 5.39 Å². The van der Waals surface area contributed by atoms with Crippen molar-refractivity contribution in [3.05, 3.63) is 41.7 Å². The van der Waals surface area contributed by atoms with Crippen molar-refractivity contribution in [3.8, 4) is 0 Å². The number of hydrogen-bond donors (Lipinski definition) is 1. The van der Waals surface area contributed by atoms with Crippen molar-refractivity contribution in [2.75, 3.05) is 0 Å². The zero-order chi connectivity index (χ0) is 13.0. The molecule has 1 fully saturated rings. The van der Waals surface area contributed by atoms with E-state index < -0.39 is 17.3 Å². The largest absolute Gasteiger partial charge is 0.418 e. The van der Waals surface area contributed by atoms with Crippen LogP contribution in [0.15, 0.2) is 30.6 Å². The van der Waals surface area contributed by atoms with E-state index >= 15 is 0 Å². The summed E-state index contributed by atoms with van der Waals surface area (Å²) in [6, 6.07) is 4.56. The second-order valence-corrected chi connectivity index (χ2v) is 4.65. The zero-order valence-electron chi connectivity index (χ0n) is 9.33. The standard InChI is InChI=1S/C13H10F3NO/c14-13(15,16)11-7-17-6-8-5-9(1-2-10(8)11)12(18)3-4-12/h1-2,5-7,18H,3-4H2. The van der Waals surface area contributed by atoms with Gasteiger partial charge in [-0.05, 0) is 29.9 Å². The Balaban J connectivity index is 2.20. The number of alkyl halides is 3. The molecule has 0 atom stereocenters. The molecule has 18 heavy (non-hydrogen) atoms. The molecule has 3 rings (SSSR count). The highest BCUT2D eigenvalue weighted by molar-refractivity contribution is 5.86. The van der Waals surface area contributed by atoms with Crippen LogP contribution < -0.4 is 0 Å². The van der Waals surface area contributed by atoms with Crippen molar-refractivity contribution >= 4 is 10.8 Å². The van der Waals surface area contributed by atoms with Gasteiger partial charge in [0.2, 0.25) is 0 Å². The van der Waals surface area contributed by atoms with E-state index in [9.17, 15) is 18.3 Å². The van der Waals surface area contributed by atoms with E-state index in [1.165, 1.54) is 12.3 Å². The van der Waals surface area contributed by atoms with Gasteiger partial charge in [-0.2, -0.15) is 13.2 Å². The minimum absolute atomic E-state index is 0.116. The van der Waals surface area contributed by atoms with E-state index in [0.29, 0.717) is 23.8 Å². The summed E-state index contributed by atoms with van der Waals surface area (Å²) in [7, 11) is 0. The van der Waals surface area contributed by atoms with Crippen LogP contribution in [0.1, 0.15) is 24.0 Å². The molecule has 0 unspecified atom stereocenters. The van der Waals surface area contributed by atoms with Gasteiger partial charge in [-0.25, -0.2) is 0 Å². The third kappa shape index (κ3) is 1.75. The van der Waals surface area contributed by atoms with Gasteiger partial charge in [0.25, 0.3) is 0 Å². The highest BCUT2D eigenvalue weighted by Gasteiger charge is 2.42. The fourth-order valence-corrected chi connectivity index (χ4v) is 2.10. The maximum atomic E-state index is 12.8. The second-order valence-electron chi connectivity index (χ2n) is 4.65. The number of rotatable bonds is 1. The minimum atomic E-state index is -4.41. The van der Waals surface area contributed by atoms with Gasteiger partial charge >= 0.3 is 6.18 Å². The molecule has 1 aromatic heterocycles. The van der Waals surface area contributed by atoms with Gasteiger partial charge in [-0.15, -0.1) is 0 Å².